The van der Waals surface area contributed by atoms with Crippen LogP contribution in [0.2, 0.25) is 5.02 Å². The molecule has 0 radical (unpaired) electrons. The summed E-state index contributed by atoms with van der Waals surface area (Å²) in [7, 11) is 0. The van der Waals surface area contributed by atoms with Crippen LogP contribution in [0.15, 0.2) is 22.7 Å². The Balaban J connectivity index is 2.42. The zero-order valence-electron chi connectivity index (χ0n) is 23.1. The first-order valence-electron chi connectivity index (χ1n) is 14.2. The summed E-state index contributed by atoms with van der Waals surface area (Å²) in [5.41, 5.74) is 0.599. The second-order valence-corrected chi connectivity index (χ2v) is 11.1. The van der Waals surface area contributed by atoms with Gasteiger partial charge in [0.1, 0.15) is 36.6 Å². The molecule has 37 heavy (non-hydrogen) atoms. The van der Waals surface area contributed by atoms with Crippen LogP contribution in [0.25, 0.3) is 0 Å². The maximum Gasteiger partial charge on any atom is 0.117 e. The number of hydrogen-bond donors (Lipinski definition) is 1. The van der Waals surface area contributed by atoms with Crippen molar-refractivity contribution in [2.45, 2.75) is 116 Å². The highest BCUT2D eigenvalue weighted by Gasteiger charge is 2.50. The molecule has 1 aromatic rings. The molecule has 6 atom stereocenters. The molecule has 8 heteroatoms. The van der Waals surface area contributed by atoms with E-state index in [0.717, 1.165) is 55.8 Å². The molecule has 0 aromatic heterocycles. The third-order valence-electron chi connectivity index (χ3n) is 6.61. The van der Waals surface area contributed by atoms with Gasteiger partial charge < -0.3 is 28.8 Å². The van der Waals surface area contributed by atoms with E-state index >= 15 is 0 Å². The highest BCUT2D eigenvalue weighted by Crippen LogP contribution is 2.38. The lowest BCUT2D eigenvalue weighted by atomic mass is 9.89. The van der Waals surface area contributed by atoms with E-state index in [0.29, 0.717) is 43.6 Å². The molecule has 2 rings (SSSR count). The maximum absolute atomic E-state index is 11.6. The van der Waals surface area contributed by atoms with Gasteiger partial charge in [0.25, 0.3) is 0 Å². The van der Waals surface area contributed by atoms with E-state index in [2.05, 4.69) is 43.6 Å². The Morgan fingerprint density at radius 3 is 1.95 bits per heavy atom. The predicted molar refractivity (Wildman–Crippen MR) is 152 cm³/mol. The van der Waals surface area contributed by atoms with Crippen molar-refractivity contribution in [3.63, 3.8) is 0 Å². The van der Waals surface area contributed by atoms with Gasteiger partial charge in [-0.15, -0.1) is 0 Å². The number of hydrogen-bond acceptors (Lipinski definition) is 6. The van der Waals surface area contributed by atoms with Gasteiger partial charge in [-0.05, 0) is 37.8 Å². The Morgan fingerprint density at radius 2 is 1.38 bits per heavy atom. The average Bonchev–Trinajstić information content (AvgIpc) is 2.88. The van der Waals surface area contributed by atoms with Gasteiger partial charge in [-0.3, -0.25) is 0 Å². The number of halogens is 2. The third kappa shape index (κ3) is 10.7. The predicted octanol–water partition coefficient (Wildman–Crippen LogP) is 7.28. The Morgan fingerprint density at radius 1 is 0.838 bits per heavy atom. The van der Waals surface area contributed by atoms with Crippen LogP contribution < -0.4 is 0 Å². The minimum atomic E-state index is -1.00. The molecule has 1 N–H and O–H groups in total. The number of rotatable bonds is 19. The lowest BCUT2D eigenvalue weighted by Gasteiger charge is -2.47. The number of aliphatic hydroxyl groups is 1. The van der Waals surface area contributed by atoms with Crippen LogP contribution in [-0.2, 0) is 23.7 Å². The summed E-state index contributed by atoms with van der Waals surface area (Å²) in [4.78, 5) is 0. The Hall–Kier alpha value is -0.250. The summed E-state index contributed by atoms with van der Waals surface area (Å²) >= 11 is 10.0. The van der Waals surface area contributed by atoms with Gasteiger partial charge in [-0.1, -0.05) is 87.0 Å². The second-order valence-electron chi connectivity index (χ2n) is 9.75. The molecule has 1 fully saturated rings. The Bertz CT molecular complexity index is 738. The molecular formula is C29H48BrClO6. The molecule has 214 valence electrons. The minimum absolute atomic E-state index is 0.361. The first kappa shape index (κ1) is 33.0. The number of aliphatic hydroxyl groups excluding tert-OH is 1. The van der Waals surface area contributed by atoms with Crippen molar-refractivity contribution in [2.75, 3.05) is 33.0 Å². The van der Waals surface area contributed by atoms with E-state index in [9.17, 15) is 5.11 Å². The van der Waals surface area contributed by atoms with Crippen LogP contribution in [0.4, 0.5) is 0 Å². The normalized spacial score (nSPS) is 24.9. The molecule has 1 aromatic carbocycles. The third-order valence-corrected chi connectivity index (χ3v) is 7.43. The van der Waals surface area contributed by atoms with Gasteiger partial charge in [-0.2, -0.15) is 0 Å². The molecule has 1 heterocycles. The van der Waals surface area contributed by atoms with Crippen LogP contribution in [0.1, 0.15) is 90.7 Å². The standard InChI is InChI=1S/C29H48BrClO6/c1-5-9-15-33-20-24-26(34-16-10-6-2)28(35-17-11-7-3)29(36-18-12-8-4)27(37-24)25(32)22-14-13-21(30)19-23(22)31/h13-14,19,24-29,32H,5-12,15-18,20H2,1-4H3/t24?,25-,26+,27+,28?,29?/m0/s1. The van der Waals surface area contributed by atoms with Crippen molar-refractivity contribution < 1.29 is 28.8 Å². The van der Waals surface area contributed by atoms with E-state index in [4.69, 9.17) is 35.3 Å². The SMILES string of the molecule is CCCCOCC1O[C@H]([C@@H](O)c2ccc(Br)cc2Cl)C(OCCCC)C(OCCCC)[C@@H]1OCCCC. The molecule has 0 bridgehead atoms. The van der Waals surface area contributed by atoms with Gasteiger partial charge in [0, 0.05) is 41.5 Å². The van der Waals surface area contributed by atoms with Gasteiger partial charge in [0.2, 0.25) is 0 Å². The summed E-state index contributed by atoms with van der Waals surface area (Å²) in [6.45, 7) is 11.3. The highest BCUT2D eigenvalue weighted by atomic mass is 79.9. The summed E-state index contributed by atoms with van der Waals surface area (Å²) in [5.74, 6) is 0. The Kier molecular flexibility index (Phi) is 16.9. The number of unbranched alkanes of at least 4 members (excludes halogenated alkanes) is 4. The molecule has 0 saturated carbocycles. The van der Waals surface area contributed by atoms with E-state index in [1.165, 1.54) is 0 Å². The van der Waals surface area contributed by atoms with Crippen LogP contribution in [-0.4, -0.2) is 68.7 Å². The van der Waals surface area contributed by atoms with E-state index < -0.39 is 30.5 Å². The average molecular weight is 608 g/mol. The lowest BCUT2D eigenvalue weighted by Crippen LogP contribution is -2.62. The summed E-state index contributed by atoms with van der Waals surface area (Å²) in [6.07, 6.45) is 4.52. The van der Waals surface area contributed by atoms with Crippen molar-refractivity contribution in [3.8, 4) is 0 Å². The quantitative estimate of drug-likeness (QED) is 0.167. The fourth-order valence-electron chi connectivity index (χ4n) is 4.37. The smallest absolute Gasteiger partial charge is 0.117 e. The summed E-state index contributed by atoms with van der Waals surface area (Å²) in [5, 5.41) is 12.1. The summed E-state index contributed by atoms with van der Waals surface area (Å²) < 4.78 is 32.8. The molecule has 1 aliphatic heterocycles. The lowest BCUT2D eigenvalue weighted by molar-refractivity contribution is -0.281. The maximum atomic E-state index is 11.6. The molecule has 6 nitrogen and oxygen atoms in total. The van der Waals surface area contributed by atoms with Crippen LogP contribution in [0.3, 0.4) is 0 Å². The highest BCUT2D eigenvalue weighted by molar-refractivity contribution is 9.10. The molecule has 1 saturated heterocycles. The topological polar surface area (TPSA) is 66.4 Å². The Labute approximate surface area is 237 Å². The molecule has 0 amide bonds. The monoisotopic (exact) mass is 606 g/mol. The molecule has 0 spiro atoms. The van der Waals surface area contributed by atoms with Crippen molar-refractivity contribution in [3.05, 3.63) is 33.3 Å². The van der Waals surface area contributed by atoms with Crippen molar-refractivity contribution in [2.24, 2.45) is 0 Å². The first-order chi connectivity index (χ1) is 18.0. The van der Waals surface area contributed by atoms with Gasteiger partial charge in [0.15, 0.2) is 0 Å². The summed E-state index contributed by atoms with van der Waals surface area (Å²) in [6, 6.07) is 5.48. The number of ether oxygens (including phenoxy) is 5. The van der Waals surface area contributed by atoms with Gasteiger partial charge in [-0.25, -0.2) is 0 Å². The van der Waals surface area contributed by atoms with Crippen LogP contribution >= 0.6 is 27.5 Å². The molecule has 1 aliphatic rings. The zero-order chi connectivity index (χ0) is 27.0. The zero-order valence-corrected chi connectivity index (χ0v) is 25.5. The van der Waals surface area contributed by atoms with Crippen molar-refractivity contribution in [1.29, 1.82) is 0 Å². The van der Waals surface area contributed by atoms with Gasteiger partial charge in [0.05, 0.1) is 6.61 Å². The van der Waals surface area contributed by atoms with Crippen molar-refractivity contribution in [1.82, 2.24) is 0 Å². The van der Waals surface area contributed by atoms with E-state index in [1.54, 1.807) is 6.07 Å². The second kappa shape index (κ2) is 18.9. The molecule has 0 aliphatic carbocycles. The fraction of sp³-hybridized carbons (Fsp3) is 0.793. The minimum Gasteiger partial charge on any atom is -0.386 e. The molecular weight excluding hydrogens is 560 g/mol. The van der Waals surface area contributed by atoms with Crippen LogP contribution in [0.5, 0.6) is 0 Å². The van der Waals surface area contributed by atoms with Crippen molar-refractivity contribution >= 4 is 27.5 Å². The fourth-order valence-corrected chi connectivity index (χ4v) is 5.15. The van der Waals surface area contributed by atoms with Gasteiger partial charge >= 0.3 is 0 Å². The van der Waals surface area contributed by atoms with E-state index in [1.807, 2.05) is 12.1 Å². The first-order valence-corrected chi connectivity index (χ1v) is 15.4. The largest absolute Gasteiger partial charge is 0.386 e. The number of benzene rings is 1. The van der Waals surface area contributed by atoms with E-state index in [-0.39, 0.29) is 6.10 Å². The van der Waals surface area contributed by atoms with Crippen LogP contribution in [0, 0.1) is 0 Å². The molecule has 3 unspecified atom stereocenters.